The predicted molar refractivity (Wildman–Crippen MR) is 68.0 cm³/mol. The largest absolute Gasteiger partial charge is 0.486 e. The van der Waals surface area contributed by atoms with Gasteiger partial charge in [0.05, 0.1) is 24.0 Å². The lowest BCUT2D eigenvalue weighted by atomic mass is 10.1. The van der Waals surface area contributed by atoms with Crippen molar-refractivity contribution in [2.24, 2.45) is 0 Å². The van der Waals surface area contributed by atoms with Gasteiger partial charge in [-0.05, 0) is 24.6 Å². The van der Waals surface area contributed by atoms with Gasteiger partial charge in [-0.25, -0.2) is 4.39 Å². The summed E-state index contributed by atoms with van der Waals surface area (Å²) in [5.41, 5.74) is 0.952. The maximum Gasteiger partial charge on any atom is 0.157 e. The molecule has 5 heteroatoms. The van der Waals surface area contributed by atoms with Crippen LogP contribution in [0.2, 0.25) is 0 Å². The van der Waals surface area contributed by atoms with Crippen molar-refractivity contribution in [3.8, 4) is 11.8 Å². The lowest BCUT2D eigenvalue weighted by Gasteiger charge is -2.05. The quantitative estimate of drug-likeness (QED) is 0.829. The average Bonchev–Trinajstić information content (AvgIpc) is 2.85. The van der Waals surface area contributed by atoms with Gasteiger partial charge in [0, 0.05) is 12.1 Å². The minimum absolute atomic E-state index is 0.151. The van der Waals surface area contributed by atoms with E-state index in [1.165, 1.54) is 18.2 Å². The van der Waals surface area contributed by atoms with Crippen molar-refractivity contribution in [2.75, 3.05) is 0 Å². The minimum Gasteiger partial charge on any atom is -0.486 e. The van der Waals surface area contributed by atoms with Crippen LogP contribution in [-0.4, -0.2) is 9.78 Å². The van der Waals surface area contributed by atoms with E-state index in [0.29, 0.717) is 16.9 Å². The molecule has 0 radical (unpaired) electrons. The van der Waals surface area contributed by atoms with E-state index in [-0.39, 0.29) is 12.4 Å². The second-order valence-corrected chi connectivity index (χ2v) is 4.14. The number of nitriles is 1. The van der Waals surface area contributed by atoms with Crippen LogP contribution in [0.5, 0.6) is 5.75 Å². The molecule has 0 aliphatic heterocycles. The van der Waals surface area contributed by atoms with E-state index >= 15 is 0 Å². The molecule has 0 atom stereocenters. The Kier molecular flexibility index (Phi) is 4.14. The van der Waals surface area contributed by atoms with E-state index in [2.05, 4.69) is 12.0 Å². The number of rotatable bonds is 5. The Labute approximate surface area is 111 Å². The van der Waals surface area contributed by atoms with Crippen molar-refractivity contribution < 1.29 is 9.13 Å². The predicted octanol–water partition coefficient (Wildman–Crippen LogP) is 2.88. The van der Waals surface area contributed by atoms with Gasteiger partial charge in [0.2, 0.25) is 0 Å². The fourth-order valence-corrected chi connectivity index (χ4v) is 1.72. The second-order valence-electron chi connectivity index (χ2n) is 4.14. The van der Waals surface area contributed by atoms with Crippen LogP contribution in [0.15, 0.2) is 30.6 Å². The summed E-state index contributed by atoms with van der Waals surface area (Å²) in [5.74, 6) is 0.237. The number of hydrogen-bond acceptors (Lipinski definition) is 3. The summed E-state index contributed by atoms with van der Waals surface area (Å²) in [7, 11) is 0. The molecule has 0 saturated heterocycles. The highest BCUT2D eigenvalue weighted by Crippen LogP contribution is 2.15. The van der Waals surface area contributed by atoms with Gasteiger partial charge in [-0.15, -0.1) is 0 Å². The molecule has 0 bridgehead atoms. The van der Waals surface area contributed by atoms with Gasteiger partial charge in [0.25, 0.3) is 0 Å². The maximum absolute atomic E-state index is 13.1. The van der Waals surface area contributed by atoms with Gasteiger partial charge >= 0.3 is 0 Å². The van der Waals surface area contributed by atoms with E-state index in [4.69, 9.17) is 10.00 Å². The van der Waals surface area contributed by atoms with Crippen molar-refractivity contribution in [2.45, 2.75) is 26.5 Å². The zero-order valence-corrected chi connectivity index (χ0v) is 10.6. The van der Waals surface area contributed by atoms with Gasteiger partial charge in [-0.2, -0.15) is 10.4 Å². The molecule has 1 heterocycles. The highest BCUT2D eigenvalue weighted by atomic mass is 19.1. The van der Waals surface area contributed by atoms with Crippen LogP contribution in [0.1, 0.15) is 24.5 Å². The second kappa shape index (κ2) is 6.01. The standard InChI is InChI=1S/C14H14FN3O/c1-2-5-18-9-14(8-17-18)19-10-12-6-13(15)4-3-11(12)7-16/h3-4,6,8-9H,2,5,10H2,1H3. The molecular formula is C14H14FN3O. The summed E-state index contributed by atoms with van der Waals surface area (Å²) in [6, 6.07) is 6.05. The van der Waals surface area contributed by atoms with Gasteiger partial charge in [-0.1, -0.05) is 6.92 Å². The molecule has 19 heavy (non-hydrogen) atoms. The third kappa shape index (κ3) is 3.32. The summed E-state index contributed by atoms with van der Waals surface area (Å²) in [6.45, 7) is 3.04. The molecule has 0 spiro atoms. The van der Waals surface area contributed by atoms with E-state index in [1.807, 2.05) is 6.07 Å². The van der Waals surface area contributed by atoms with Gasteiger partial charge in [0.1, 0.15) is 12.4 Å². The first kappa shape index (κ1) is 13.1. The van der Waals surface area contributed by atoms with Crippen LogP contribution in [0.4, 0.5) is 4.39 Å². The average molecular weight is 259 g/mol. The van der Waals surface area contributed by atoms with Crippen molar-refractivity contribution in [3.05, 3.63) is 47.5 Å². The molecule has 0 saturated carbocycles. The molecule has 0 aliphatic carbocycles. The monoisotopic (exact) mass is 259 g/mol. The number of aryl methyl sites for hydroxylation is 1. The Hall–Kier alpha value is -2.35. The zero-order valence-electron chi connectivity index (χ0n) is 10.6. The maximum atomic E-state index is 13.1. The molecule has 0 aliphatic rings. The van der Waals surface area contributed by atoms with Crippen LogP contribution in [0.25, 0.3) is 0 Å². The van der Waals surface area contributed by atoms with Crippen molar-refractivity contribution in [1.29, 1.82) is 5.26 Å². The minimum atomic E-state index is -0.376. The fourth-order valence-electron chi connectivity index (χ4n) is 1.72. The van der Waals surface area contributed by atoms with Gasteiger partial charge < -0.3 is 4.74 Å². The molecule has 4 nitrogen and oxygen atoms in total. The van der Waals surface area contributed by atoms with E-state index in [0.717, 1.165) is 13.0 Å². The Morgan fingerprint density at radius 3 is 3.05 bits per heavy atom. The van der Waals surface area contributed by atoms with Gasteiger partial charge in [-0.3, -0.25) is 4.68 Å². The van der Waals surface area contributed by atoms with Crippen molar-refractivity contribution in [3.63, 3.8) is 0 Å². The molecule has 0 unspecified atom stereocenters. The first-order valence-electron chi connectivity index (χ1n) is 6.06. The molecule has 1 aromatic carbocycles. The third-order valence-corrected chi connectivity index (χ3v) is 2.64. The smallest absolute Gasteiger partial charge is 0.157 e. The number of nitrogens with zero attached hydrogens (tertiary/aromatic N) is 3. The number of aromatic nitrogens is 2. The van der Waals surface area contributed by atoms with E-state index in [1.54, 1.807) is 17.1 Å². The van der Waals surface area contributed by atoms with Crippen LogP contribution in [0.3, 0.4) is 0 Å². The molecule has 0 fully saturated rings. The van der Waals surface area contributed by atoms with E-state index in [9.17, 15) is 4.39 Å². The molecule has 0 amide bonds. The summed E-state index contributed by atoms with van der Waals surface area (Å²) < 4.78 is 20.4. The highest BCUT2D eigenvalue weighted by molar-refractivity contribution is 5.37. The molecule has 2 aromatic rings. The number of hydrogen-bond donors (Lipinski definition) is 0. The first-order valence-corrected chi connectivity index (χ1v) is 6.06. The summed E-state index contributed by atoms with van der Waals surface area (Å²) in [5, 5.41) is 13.1. The van der Waals surface area contributed by atoms with Crippen molar-refractivity contribution in [1.82, 2.24) is 9.78 Å². The van der Waals surface area contributed by atoms with Gasteiger partial charge in [0.15, 0.2) is 5.75 Å². The number of halogens is 1. The summed E-state index contributed by atoms with van der Waals surface area (Å²) in [6.07, 6.45) is 4.39. The zero-order chi connectivity index (χ0) is 13.7. The van der Waals surface area contributed by atoms with E-state index < -0.39 is 0 Å². The van der Waals surface area contributed by atoms with Crippen molar-refractivity contribution >= 4 is 0 Å². The fraction of sp³-hybridized carbons (Fsp3) is 0.286. The molecular weight excluding hydrogens is 245 g/mol. The molecule has 0 N–H and O–H groups in total. The molecule has 2 rings (SSSR count). The third-order valence-electron chi connectivity index (χ3n) is 2.64. The lowest BCUT2D eigenvalue weighted by Crippen LogP contribution is -1.99. The van der Waals surface area contributed by atoms with Crippen LogP contribution in [0, 0.1) is 17.1 Å². The molecule has 1 aromatic heterocycles. The Balaban J connectivity index is 2.05. The molecule has 98 valence electrons. The topological polar surface area (TPSA) is 50.8 Å². The Morgan fingerprint density at radius 2 is 2.32 bits per heavy atom. The van der Waals surface area contributed by atoms with Crippen LogP contribution < -0.4 is 4.74 Å². The Bertz CT molecular complexity index is 601. The highest BCUT2D eigenvalue weighted by Gasteiger charge is 2.06. The van der Waals surface area contributed by atoms with Crippen LogP contribution >= 0.6 is 0 Å². The first-order chi connectivity index (χ1) is 9.22. The number of ether oxygens (including phenoxy) is 1. The summed E-state index contributed by atoms with van der Waals surface area (Å²) in [4.78, 5) is 0. The lowest BCUT2D eigenvalue weighted by molar-refractivity contribution is 0.304. The number of benzene rings is 1. The summed E-state index contributed by atoms with van der Waals surface area (Å²) >= 11 is 0. The van der Waals surface area contributed by atoms with Crippen LogP contribution in [-0.2, 0) is 13.2 Å². The SMILES string of the molecule is CCCn1cc(OCc2cc(F)ccc2C#N)cn1. The Morgan fingerprint density at radius 1 is 1.47 bits per heavy atom. The normalized spacial score (nSPS) is 10.2.